The van der Waals surface area contributed by atoms with Crippen molar-refractivity contribution in [2.24, 2.45) is 0 Å². The highest BCUT2D eigenvalue weighted by Gasteiger charge is 2.13. The summed E-state index contributed by atoms with van der Waals surface area (Å²) >= 11 is 0. The molecule has 0 spiro atoms. The Morgan fingerprint density at radius 2 is 1.63 bits per heavy atom. The molecule has 0 heterocycles. The zero-order chi connectivity index (χ0) is 14.3. The van der Waals surface area contributed by atoms with Gasteiger partial charge in [0, 0.05) is 19.7 Å². The van der Waals surface area contributed by atoms with Gasteiger partial charge in [-0.15, -0.1) is 0 Å². The number of hydrogen-bond donors (Lipinski definition) is 1. The molecule has 0 aliphatic carbocycles. The lowest BCUT2D eigenvalue weighted by Gasteiger charge is -2.18. The molecule has 1 aromatic carbocycles. The molecule has 0 saturated heterocycles. The second-order valence-electron chi connectivity index (χ2n) is 4.35. The number of rotatable bonds is 8. The van der Waals surface area contributed by atoms with Crippen LogP contribution in [0.5, 0.6) is 17.2 Å². The lowest BCUT2D eigenvalue weighted by atomic mass is 10.1. The highest BCUT2D eigenvalue weighted by molar-refractivity contribution is 5.53. The Labute approximate surface area is 114 Å². The maximum absolute atomic E-state index is 8.83. The van der Waals surface area contributed by atoms with Gasteiger partial charge in [-0.25, -0.2) is 0 Å². The highest BCUT2D eigenvalue weighted by Crippen LogP contribution is 2.38. The molecule has 0 aromatic heterocycles. The smallest absolute Gasteiger partial charge is 0.203 e. The summed E-state index contributed by atoms with van der Waals surface area (Å²) in [5, 5.41) is 8.83. The highest BCUT2D eigenvalue weighted by atomic mass is 16.5. The zero-order valence-corrected chi connectivity index (χ0v) is 12.1. The monoisotopic (exact) mass is 269 g/mol. The van der Waals surface area contributed by atoms with Gasteiger partial charge in [-0.05, 0) is 31.2 Å². The van der Waals surface area contributed by atoms with Crippen LogP contribution in [0, 0.1) is 0 Å². The molecule has 5 nitrogen and oxygen atoms in total. The van der Waals surface area contributed by atoms with E-state index in [1.807, 2.05) is 19.2 Å². The van der Waals surface area contributed by atoms with Gasteiger partial charge in [0.05, 0.1) is 21.3 Å². The molecule has 1 aromatic rings. The van der Waals surface area contributed by atoms with Crippen molar-refractivity contribution in [3.05, 3.63) is 17.7 Å². The van der Waals surface area contributed by atoms with Crippen LogP contribution in [0.25, 0.3) is 0 Å². The van der Waals surface area contributed by atoms with Crippen molar-refractivity contribution in [3.63, 3.8) is 0 Å². The van der Waals surface area contributed by atoms with E-state index >= 15 is 0 Å². The first-order chi connectivity index (χ1) is 9.15. The van der Waals surface area contributed by atoms with Crippen molar-refractivity contribution in [1.82, 2.24) is 4.90 Å². The van der Waals surface area contributed by atoms with E-state index in [-0.39, 0.29) is 6.61 Å². The third-order valence-corrected chi connectivity index (χ3v) is 2.87. The molecular formula is C14H23NO4. The van der Waals surface area contributed by atoms with Crippen molar-refractivity contribution < 1.29 is 19.3 Å². The molecule has 0 aliphatic heterocycles. The molecule has 0 bridgehead atoms. The fourth-order valence-electron chi connectivity index (χ4n) is 1.96. The van der Waals surface area contributed by atoms with E-state index < -0.39 is 0 Å². The van der Waals surface area contributed by atoms with Crippen LogP contribution in [0.1, 0.15) is 12.0 Å². The SMILES string of the molecule is COc1cc(CN(C)CCCO)cc(OC)c1OC. The first kappa shape index (κ1) is 15.6. The second-order valence-corrected chi connectivity index (χ2v) is 4.35. The van der Waals surface area contributed by atoms with E-state index in [2.05, 4.69) is 4.90 Å². The second kappa shape index (κ2) is 7.86. The Hall–Kier alpha value is -1.46. The predicted molar refractivity (Wildman–Crippen MR) is 74.1 cm³/mol. The van der Waals surface area contributed by atoms with Crippen molar-refractivity contribution in [2.75, 3.05) is 41.5 Å². The number of methoxy groups -OCH3 is 3. The van der Waals surface area contributed by atoms with E-state index in [1.165, 1.54) is 0 Å². The van der Waals surface area contributed by atoms with E-state index in [4.69, 9.17) is 19.3 Å². The molecule has 0 fully saturated rings. The number of benzene rings is 1. The van der Waals surface area contributed by atoms with Gasteiger partial charge >= 0.3 is 0 Å². The molecular weight excluding hydrogens is 246 g/mol. The van der Waals surface area contributed by atoms with Crippen molar-refractivity contribution >= 4 is 0 Å². The standard InChI is InChI=1S/C14H23NO4/c1-15(6-5-7-16)10-11-8-12(17-2)14(19-4)13(9-11)18-3/h8-9,16H,5-7,10H2,1-4H3. The van der Waals surface area contributed by atoms with Gasteiger partial charge in [0.2, 0.25) is 5.75 Å². The lowest BCUT2D eigenvalue weighted by molar-refractivity contribution is 0.243. The van der Waals surface area contributed by atoms with Crippen LogP contribution in [0.2, 0.25) is 0 Å². The first-order valence-electron chi connectivity index (χ1n) is 6.24. The van der Waals surface area contributed by atoms with Crippen LogP contribution < -0.4 is 14.2 Å². The fourth-order valence-corrected chi connectivity index (χ4v) is 1.96. The van der Waals surface area contributed by atoms with Gasteiger partial charge in [-0.2, -0.15) is 0 Å². The molecule has 0 amide bonds. The number of hydrogen-bond acceptors (Lipinski definition) is 5. The number of aliphatic hydroxyl groups excluding tert-OH is 1. The minimum Gasteiger partial charge on any atom is -0.493 e. The molecule has 1 N–H and O–H groups in total. The topological polar surface area (TPSA) is 51.2 Å². The average molecular weight is 269 g/mol. The summed E-state index contributed by atoms with van der Waals surface area (Å²) in [5.74, 6) is 1.92. The van der Waals surface area contributed by atoms with Crippen LogP contribution in [-0.2, 0) is 6.54 Å². The Morgan fingerprint density at radius 3 is 2.05 bits per heavy atom. The molecule has 0 unspecified atom stereocenters. The number of nitrogens with zero attached hydrogens (tertiary/aromatic N) is 1. The summed E-state index contributed by atoms with van der Waals surface area (Å²) in [7, 11) is 6.82. The summed E-state index contributed by atoms with van der Waals surface area (Å²) in [6.45, 7) is 1.81. The molecule has 0 saturated carbocycles. The fraction of sp³-hybridized carbons (Fsp3) is 0.571. The molecule has 0 atom stereocenters. The van der Waals surface area contributed by atoms with Gasteiger partial charge < -0.3 is 24.2 Å². The van der Waals surface area contributed by atoms with Crippen molar-refractivity contribution in [3.8, 4) is 17.2 Å². The Balaban J connectivity index is 2.90. The van der Waals surface area contributed by atoms with Crippen LogP contribution in [0.4, 0.5) is 0 Å². The zero-order valence-electron chi connectivity index (χ0n) is 12.1. The maximum Gasteiger partial charge on any atom is 0.203 e. The van der Waals surface area contributed by atoms with Crippen molar-refractivity contribution in [2.45, 2.75) is 13.0 Å². The minimum atomic E-state index is 0.208. The van der Waals surface area contributed by atoms with E-state index in [9.17, 15) is 0 Å². The summed E-state index contributed by atoms with van der Waals surface area (Å²) in [6, 6.07) is 3.88. The molecule has 0 aliphatic rings. The normalized spacial score (nSPS) is 10.6. The molecule has 1 rings (SSSR count). The van der Waals surface area contributed by atoms with Gasteiger partial charge in [0.15, 0.2) is 11.5 Å². The Kier molecular flexibility index (Phi) is 6.45. The molecule has 5 heteroatoms. The van der Waals surface area contributed by atoms with Crippen molar-refractivity contribution in [1.29, 1.82) is 0 Å². The third kappa shape index (κ3) is 4.29. The third-order valence-electron chi connectivity index (χ3n) is 2.87. The maximum atomic E-state index is 8.83. The lowest BCUT2D eigenvalue weighted by Crippen LogP contribution is -2.20. The molecule has 19 heavy (non-hydrogen) atoms. The summed E-state index contributed by atoms with van der Waals surface area (Å²) < 4.78 is 15.9. The average Bonchev–Trinajstić information content (AvgIpc) is 2.43. The minimum absolute atomic E-state index is 0.208. The first-order valence-corrected chi connectivity index (χ1v) is 6.24. The van der Waals surface area contributed by atoms with Crippen LogP contribution >= 0.6 is 0 Å². The van der Waals surface area contributed by atoms with E-state index in [0.29, 0.717) is 17.2 Å². The predicted octanol–water partition coefficient (Wildman–Crippen LogP) is 1.53. The Bertz CT molecular complexity index is 370. The van der Waals surface area contributed by atoms with Crippen LogP contribution in [0.3, 0.4) is 0 Å². The summed E-state index contributed by atoms with van der Waals surface area (Å²) in [4.78, 5) is 2.14. The van der Waals surface area contributed by atoms with Gasteiger partial charge in [0.1, 0.15) is 0 Å². The number of aliphatic hydroxyl groups is 1. The van der Waals surface area contributed by atoms with Gasteiger partial charge in [-0.3, -0.25) is 0 Å². The summed E-state index contributed by atoms with van der Waals surface area (Å²) in [6.07, 6.45) is 0.765. The largest absolute Gasteiger partial charge is 0.493 e. The Morgan fingerprint density at radius 1 is 1.05 bits per heavy atom. The van der Waals surface area contributed by atoms with Gasteiger partial charge in [0.25, 0.3) is 0 Å². The molecule has 108 valence electrons. The number of ether oxygens (including phenoxy) is 3. The van der Waals surface area contributed by atoms with Gasteiger partial charge in [-0.1, -0.05) is 0 Å². The van der Waals surface area contributed by atoms with Crippen LogP contribution in [-0.4, -0.2) is 51.5 Å². The quantitative estimate of drug-likeness (QED) is 0.775. The van der Waals surface area contributed by atoms with E-state index in [0.717, 1.165) is 25.1 Å². The van der Waals surface area contributed by atoms with Crippen LogP contribution in [0.15, 0.2) is 12.1 Å². The molecule has 0 radical (unpaired) electrons. The van der Waals surface area contributed by atoms with E-state index in [1.54, 1.807) is 21.3 Å². The summed E-state index contributed by atoms with van der Waals surface area (Å²) in [5.41, 5.74) is 1.08.